The summed E-state index contributed by atoms with van der Waals surface area (Å²) in [5.41, 5.74) is 8.60. The molecule has 1 atom stereocenters. The molecule has 1 aliphatic heterocycles. The van der Waals surface area contributed by atoms with Gasteiger partial charge in [0.2, 0.25) is 0 Å². The maximum atomic E-state index is 13.3. The molecule has 6 nitrogen and oxygen atoms in total. The van der Waals surface area contributed by atoms with Crippen LogP contribution in [0.4, 0.5) is 5.82 Å². The molecule has 1 unspecified atom stereocenters. The molecule has 2 aromatic rings. The van der Waals surface area contributed by atoms with Crippen LogP contribution in [0.25, 0.3) is 11.3 Å². The Morgan fingerprint density at radius 2 is 2.08 bits per heavy atom. The zero-order valence-corrected chi connectivity index (χ0v) is 14.8. The second kappa shape index (κ2) is 6.28. The van der Waals surface area contributed by atoms with E-state index in [1.807, 2.05) is 17.6 Å². The Hall–Kier alpha value is -2.18. The number of hydrogen-bond acceptors (Lipinski definition) is 5. The van der Waals surface area contributed by atoms with Crippen molar-refractivity contribution in [2.75, 3.05) is 5.32 Å². The Morgan fingerprint density at radius 3 is 2.80 bits per heavy atom. The van der Waals surface area contributed by atoms with Crippen LogP contribution in [-0.2, 0) is 0 Å². The summed E-state index contributed by atoms with van der Waals surface area (Å²) < 4.78 is 1.85. The van der Waals surface area contributed by atoms with Crippen LogP contribution in [-0.4, -0.2) is 21.6 Å². The number of aliphatic imine (C=N–C) groups is 1. The van der Waals surface area contributed by atoms with Crippen molar-refractivity contribution >= 4 is 23.1 Å². The summed E-state index contributed by atoms with van der Waals surface area (Å²) in [6.07, 6.45) is 5.33. The fourth-order valence-corrected chi connectivity index (χ4v) is 4.00. The summed E-state index contributed by atoms with van der Waals surface area (Å²) in [5.74, 6) is 0.757. The molecule has 25 heavy (non-hydrogen) atoms. The van der Waals surface area contributed by atoms with Gasteiger partial charge < -0.3 is 5.32 Å². The van der Waals surface area contributed by atoms with Gasteiger partial charge in [-0.15, -0.1) is 0 Å². The summed E-state index contributed by atoms with van der Waals surface area (Å²) in [6.45, 7) is 1.91. The van der Waals surface area contributed by atoms with Gasteiger partial charge in [0.05, 0.1) is 16.3 Å². The van der Waals surface area contributed by atoms with E-state index in [4.69, 9.17) is 17.3 Å². The number of halogens is 1. The number of nitrogens with one attached hydrogen (secondary N) is 1. The van der Waals surface area contributed by atoms with Crippen LogP contribution < -0.4 is 16.6 Å². The fraction of sp³-hybridized carbons (Fsp3) is 0.389. The number of rotatable bonds is 2. The number of anilines is 1. The largest absolute Gasteiger partial charge is 0.337 e. The van der Waals surface area contributed by atoms with E-state index in [1.165, 1.54) is 0 Å². The molecule has 0 spiro atoms. The molecule has 3 N–H and O–H groups in total. The Kier molecular flexibility index (Phi) is 4.09. The van der Waals surface area contributed by atoms with Gasteiger partial charge in [0, 0.05) is 23.5 Å². The number of nitrogens with zero attached hydrogens (tertiary/aromatic N) is 3. The van der Waals surface area contributed by atoms with Crippen molar-refractivity contribution in [3.05, 3.63) is 45.3 Å². The number of nitrogens with two attached hydrogens (primary N) is 1. The van der Waals surface area contributed by atoms with Crippen LogP contribution in [0.3, 0.4) is 0 Å². The first kappa shape index (κ1) is 16.3. The van der Waals surface area contributed by atoms with Gasteiger partial charge in [0.15, 0.2) is 6.29 Å². The summed E-state index contributed by atoms with van der Waals surface area (Å²) in [4.78, 5) is 22.1. The molecule has 130 valence electrons. The van der Waals surface area contributed by atoms with Crippen LogP contribution in [0.5, 0.6) is 0 Å². The molecule has 0 bridgehead atoms. The van der Waals surface area contributed by atoms with Crippen molar-refractivity contribution in [2.24, 2.45) is 10.7 Å². The van der Waals surface area contributed by atoms with Crippen LogP contribution >= 0.6 is 11.6 Å². The highest BCUT2D eigenvalue weighted by atomic mass is 35.5. The van der Waals surface area contributed by atoms with Gasteiger partial charge in [-0.3, -0.25) is 25.1 Å². The van der Waals surface area contributed by atoms with E-state index in [0.29, 0.717) is 16.3 Å². The molecule has 1 fully saturated rings. The predicted molar refractivity (Wildman–Crippen MR) is 100 cm³/mol. The Morgan fingerprint density at radius 1 is 1.32 bits per heavy atom. The summed E-state index contributed by atoms with van der Waals surface area (Å²) in [5, 5.41) is 3.64. The average molecular weight is 358 g/mol. The Labute approximate surface area is 150 Å². The predicted octanol–water partition coefficient (Wildman–Crippen LogP) is 3.16. The van der Waals surface area contributed by atoms with Gasteiger partial charge in [0.25, 0.3) is 5.56 Å². The highest BCUT2D eigenvalue weighted by Gasteiger charge is 2.28. The van der Waals surface area contributed by atoms with Crippen molar-refractivity contribution in [2.45, 2.75) is 44.9 Å². The molecule has 3 heterocycles. The van der Waals surface area contributed by atoms with Gasteiger partial charge in [-0.25, -0.2) is 0 Å². The van der Waals surface area contributed by atoms with Crippen LogP contribution in [0, 0.1) is 0 Å². The van der Waals surface area contributed by atoms with E-state index < -0.39 is 6.29 Å². The highest BCUT2D eigenvalue weighted by molar-refractivity contribution is 6.33. The van der Waals surface area contributed by atoms with Crippen molar-refractivity contribution in [1.82, 2.24) is 9.55 Å². The van der Waals surface area contributed by atoms with Crippen molar-refractivity contribution in [3.8, 4) is 11.3 Å². The average Bonchev–Trinajstić information content (AvgIpc) is 3.09. The molecule has 0 amide bonds. The second-order valence-corrected chi connectivity index (χ2v) is 6.98. The smallest absolute Gasteiger partial charge is 0.261 e. The van der Waals surface area contributed by atoms with Crippen LogP contribution in [0.15, 0.2) is 34.2 Å². The van der Waals surface area contributed by atoms with Crippen LogP contribution in [0.2, 0.25) is 5.02 Å². The molecular formula is C18H20ClN5O. The number of pyridine rings is 2. The first-order valence-corrected chi connectivity index (χ1v) is 8.91. The molecule has 1 saturated carbocycles. The maximum Gasteiger partial charge on any atom is 0.261 e. The minimum absolute atomic E-state index is 0.0827. The zero-order chi connectivity index (χ0) is 17.6. The first-order chi connectivity index (χ1) is 12.1. The van der Waals surface area contributed by atoms with E-state index in [1.54, 1.807) is 18.3 Å². The maximum absolute atomic E-state index is 13.3. The van der Waals surface area contributed by atoms with Crippen molar-refractivity contribution in [1.29, 1.82) is 0 Å². The Bertz CT molecular complexity index is 914. The lowest BCUT2D eigenvalue weighted by Crippen LogP contribution is -2.38. The van der Waals surface area contributed by atoms with E-state index in [2.05, 4.69) is 15.3 Å². The Balaban J connectivity index is 2.01. The number of fused-ring (bicyclic) bond motifs is 1. The van der Waals surface area contributed by atoms with Gasteiger partial charge in [0.1, 0.15) is 5.82 Å². The van der Waals surface area contributed by atoms with E-state index in [0.717, 1.165) is 42.8 Å². The monoisotopic (exact) mass is 357 g/mol. The van der Waals surface area contributed by atoms with Gasteiger partial charge >= 0.3 is 0 Å². The summed E-state index contributed by atoms with van der Waals surface area (Å²) in [7, 11) is 0. The van der Waals surface area contributed by atoms with Gasteiger partial charge in [-0.05, 0) is 38.0 Å². The van der Waals surface area contributed by atoms with Crippen LogP contribution in [0.1, 0.15) is 44.2 Å². The van der Waals surface area contributed by atoms with Crippen molar-refractivity contribution < 1.29 is 0 Å². The first-order valence-electron chi connectivity index (χ1n) is 8.53. The highest BCUT2D eigenvalue weighted by Crippen LogP contribution is 2.35. The number of hydrogen-bond donors (Lipinski definition) is 2. The molecule has 0 radical (unpaired) electrons. The van der Waals surface area contributed by atoms with Gasteiger partial charge in [-0.1, -0.05) is 24.4 Å². The second-order valence-electron chi connectivity index (χ2n) is 6.57. The van der Waals surface area contributed by atoms with Gasteiger partial charge in [-0.2, -0.15) is 0 Å². The zero-order valence-electron chi connectivity index (χ0n) is 14.0. The molecule has 2 aliphatic rings. The SMILES string of the molecule is CC1=NC(N)Nc2c1cc(-c1ncccc1Cl)c(=O)n2C1CCCC1. The molecule has 4 rings (SSSR count). The molecule has 1 aliphatic carbocycles. The van der Waals surface area contributed by atoms with E-state index >= 15 is 0 Å². The quantitative estimate of drug-likeness (QED) is 0.864. The minimum atomic E-state index is -0.538. The summed E-state index contributed by atoms with van der Waals surface area (Å²) >= 11 is 6.31. The minimum Gasteiger partial charge on any atom is -0.337 e. The third-order valence-electron chi connectivity index (χ3n) is 4.94. The van der Waals surface area contributed by atoms with E-state index in [9.17, 15) is 4.79 Å². The lowest BCUT2D eigenvalue weighted by molar-refractivity contribution is 0.504. The van der Waals surface area contributed by atoms with E-state index in [-0.39, 0.29) is 11.6 Å². The third-order valence-corrected chi connectivity index (χ3v) is 5.25. The fourth-order valence-electron chi connectivity index (χ4n) is 3.77. The molecule has 0 aromatic carbocycles. The normalized spacial score (nSPS) is 20.1. The lowest BCUT2D eigenvalue weighted by Gasteiger charge is -2.28. The molecule has 0 saturated heterocycles. The standard InChI is InChI=1S/C18H20ClN5O/c1-10-12-9-13(15-14(19)7-4-8-21-15)17(25)24(11-5-2-3-6-11)16(12)23-18(20)22-10/h4,7-9,11,18,23H,2-3,5-6,20H2,1H3. The molecule has 2 aromatic heterocycles. The summed E-state index contributed by atoms with van der Waals surface area (Å²) in [6, 6.07) is 5.49. The number of aromatic nitrogens is 2. The third kappa shape index (κ3) is 2.75. The molecular weight excluding hydrogens is 338 g/mol. The topological polar surface area (TPSA) is 85.3 Å². The lowest BCUT2D eigenvalue weighted by atomic mass is 10.0. The molecule has 7 heteroatoms. The van der Waals surface area contributed by atoms with Crippen molar-refractivity contribution in [3.63, 3.8) is 0 Å².